The van der Waals surface area contributed by atoms with Crippen molar-refractivity contribution in [3.63, 3.8) is 0 Å². The Labute approximate surface area is 96.7 Å². The van der Waals surface area contributed by atoms with Crippen molar-refractivity contribution >= 4 is 11.3 Å². The third kappa shape index (κ3) is 2.26. The van der Waals surface area contributed by atoms with Gasteiger partial charge in [0.2, 0.25) is 0 Å². The van der Waals surface area contributed by atoms with Gasteiger partial charge in [-0.2, -0.15) is 0 Å². The number of hydrogen-bond acceptors (Lipinski definition) is 2. The number of hydrogen-bond donors (Lipinski definition) is 1. The van der Waals surface area contributed by atoms with E-state index in [1.165, 1.54) is 24.1 Å². The van der Waals surface area contributed by atoms with Crippen LogP contribution in [0.1, 0.15) is 38.0 Å². The SMILES string of the molecule is CC1CCCC(N)(Cc2cccs2)C1C. The molecular formula is C13H21NS. The fraction of sp³-hybridized carbons (Fsp3) is 0.692. The summed E-state index contributed by atoms with van der Waals surface area (Å²) >= 11 is 1.84. The van der Waals surface area contributed by atoms with Crippen LogP contribution in [0.3, 0.4) is 0 Å². The van der Waals surface area contributed by atoms with Gasteiger partial charge in [-0.3, -0.25) is 0 Å². The van der Waals surface area contributed by atoms with Gasteiger partial charge in [0.05, 0.1) is 0 Å². The average molecular weight is 223 g/mol. The Balaban J connectivity index is 2.11. The van der Waals surface area contributed by atoms with Crippen molar-refractivity contribution in [2.45, 2.75) is 45.1 Å². The van der Waals surface area contributed by atoms with Crippen LogP contribution in [-0.4, -0.2) is 5.54 Å². The average Bonchev–Trinajstić information content (AvgIpc) is 2.67. The van der Waals surface area contributed by atoms with Crippen LogP contribution in [0.5, 0.6) is 0 Å². The third-order valence-corrected chi connectivity index (χ3v) is 5.02. The second-order valence-corrected chi connectivity index (χ2v) is 6.18. The first-order valence-electron chi connectivity index (χ1n) is 5.93. The molecule has 1 aliphatic carbocycles. The lowest BCUT2D eigenvalue weighted by molar-refractivity contribution is 0.144. The minimum absolute atomic E-state index is 0.0442. The zero-order valence-corrected chi connectivity index (χ0v) is 10.5. The molecule has 0 spiro atoms. The Bertz CT molecular complexity index is 306. The van der Waals surface area contributed by atoms with Gasteiger partial charge < -0.3 is 5.73 Å². The predicted octanol–water partition coefficient (Wildman–Crippen LogP) is 3.44. The first-order chi connectivity index (χ1) is 7.12. The maximum absolute atomic E-state index is 6.59. The smallest absolute Gasteiger partial charge is 0.0231 e. The molecule has 0 radical (unpaired) electrons. The lowest BCUT2D eigenvalue weighted by Gasteiger charge is -2.43. The highest BCUT2D eigenvalue weighted by atomic mass is 32.1. The second-order valence-electron chi connectivity index (χ2n) is 5.15. The second kappa shape index (κ2) is 4.26. The molecule has 0 amide bonds. The molecule has 3 atom stereocenters. The van der Waals surface area contributed by atoms with E-state index in [1.54, 1.807) is 0 Å². The van der Waals surface area contributed by atoms with E-state index in [1.807, 2.05) is 11.3 Å². The summed E-state index contributed by atoms with van der Waals surface area (Å²) in [5.74, 6) is 1.43. The van der Waals surface area contributed by atoms with E-state index in [4.69, 9.17) is 5.73 Å². The van der Waals surface area contributed by atoms with Crippen LogP contribution >= 0.6 is 11.3 Å². The van der Waals surface area contributed by atoms with Crippen LogP contribution in [0.15, 0.2) is 17.5 Å². The van der Waals surface area contributed by atoms with E-state index >= 15 is 0 Å². The van der Waals surface area contributed by atoms with Gasteiger partial charge in [0.1, 0.15) is 0 Å². The van der Waals surface area contributed by atoms with E-state index in [0.717, 1.165) is 12.3 Å². The van der Waals surface area contributed by atoms with Crippen molar-refractivity contribution in [2.75, 3.05) is 0 Å². The first kappa shape index (κ1) is 11.2. The monoisotopic (exact) mass is 223 g/mol. The van der Waals surface area contributed by atoms with E-state index in [-0.39, 0.29) is 5.54 Å². The summed E-state index contributed by atoms with van der Waals surface area (Å²) in [5.41, 5.74) is 6.64. The topological polar surface area (TPSA) is 26.0 Å². The van der Waals surface area contributed by atoms with Gasteiger partial charge >= 0.3 is 0 Å². The molecule has 2 heteroatoms. The van der Waals surface area contributed by atoms with E-state index < -0.39 is 0 Å². The van der Waals surface area contributed by atoms with Crippen molar-refractivity contribution in [3.8, 4) is 0 Å². The third-order valence-electron chi connectivity index (χ3n) is 4.15. The lowest BCUT2D eigenvalue weighted by atomic mass is 9.67. The van der Waals surface area contributed by atoms with Gasteiger partial charge in [-0.25, -0.2) is 0 Å². The Kier molecular flexibility index (Phi) is 3.17. The number of nitrogens with two attached hydrogens (primary N) is 1. The Hall–Kier alpha value is -0.340. The van der Waals surface area contributed by atoms with Crippen LogP contribution in [0.25, 0.3) is 0 Å². The standard InChI is InChI=1S/C13H21NS/c1-10-5-3-7-13(14,11(10)2)9-12-6-4-8-15-12/h4,6,8,10-11H,3,5,7,9,14H2,1-2H3. The predicted molar refractivity (Wildman–Crippen MR) is 67.1 cm³/mol. The van der Waals surface area contributed by atoms with Crippen molar-refractivity contribution < 1.29 is 0 Å². The van der Waals surface area contributed by atoms with Crippen LogP contribution < -0.4 is 5.73 Å². The Morgan fingerprint density at radius 1 is 1.53 bits per heavy atom. The Morgan fingerprint density at radius 2 is 2.33 bits per heavy atom. The molecule has 1 nitrogen and oxygen atoms in total. The fourth-order valence-corrected chi connectivity index (χ4v) is 3.63. The normalized spacial score (nSPS) is 36.7. The van der Waals surface area contributed by atoms with Crippen LogP contribution in [-0.2, 0) is 6.42 Å². The highest BCUT2D eigenvalue weighted by Gasteiger charge is 2.38. The highest BCUT2D eigenvalue weighted by Crippen LogP contribution is 2.38. The first-order valence-corrected chi connectivity index (χ1v) is 6.81. The van der Waals surface area contributed by atoms with Crippen molar-refractivity contribution in [1.29, 1.82) is 0 Å². The molecular weight excluding hydrogens is 202 g/mol. The molecule has 0 bridgehead atoms. The van der Waals surface area contributed by atoms with Crippen LogP contribution in [0.2, 0.25) is 0 Å². The molecule has 84 valence electrons. The summed E-state index contributed by atoms with van der Waals surface area (Å²) in [6, 6.07) is 4.34. The van der Waals surface area contributed by atoms with Gasteiger partial charge in [-0.15, -0.1) is 11.3 Å². The number of rotatable bonds is 2. The van der Waals surface area contributed by atoms with Gasteiger partial charge in [0, 0.05) is 16.8 Å². The largest absolute Gasteiger partial charge is 0.325 e. The molecule has 1 aromatic heterocycles. The molecule has 3 unspecified atom stereocenters. The van der Waals surface area contributed by atoms with Gasteiger partial charge in [0.25, 0.3) is 0 Å². The van der Waals surface area contributed by atoms with E-state index in [2.05, 4.69) is 31.4 Å². The maximum atomic E-state index is 6.59. The maximum Gasteiger partial charge on any atom is 0.0231 e. The fourth-order valence-electron chi connectivity index (χ4n) is 2.78. The van der Waals surface area contributed by atoms with E-state index in [9.17, 15) is 0 Å². The molecule has 15 heavy (non-hydrogen) atoms. The van der Waals surface area contributed by atoms with Crippen molar-refractivity contribution in [3.05, 3.63) is 22.4 Å². The van der Waals surface area contributed by atoms with Gasteiger partial charge in [-0.05, 0) is 29.7 Å². The Morgan fingerprint density at radius 3 is 3.00 bits per heavy atom. The molecule has 1 aliphatic rings. The highest BCUT2D eigenvalue weighted by molar-refractivity contribution is 7.09. The van der Waals surface area contributed by atoms with Crippen LogP contribution in [0, 0.1) is 11.8 Å². The quantitative estimate of drug-likeness (QED) is 0.816. The lowest BCUT2D eigenvalue weighted by Crippen LogP contribution is -2.52. The van der Waals surface area contributed by atoms with Gasteiger partial charge in [0.15, 0.2) is 0 Å². The molecule has 0 saturated heterocycles. The van der Waals surface area contributed by atoms with Crippen molar-refractivity contribution in [2.24, 2.45) is 17.6 Å². The van der Waals surface area contributed by atoms with E-state index in [0.29, 0.717) is 5.92 Å². The summed E-state index contributed by atoms with van der Waals surface area (Å²) in [7, 11) is 0. The van der Waals surface area contributed by atoms with Crippen LogP contribution in [0.4, 0.5) is 0 Å². The molecule has 1 heterocycles. The molecule has 2 N–H and O–H groups in total. The zero-order chi connectivity index (χ0) is 10.9. The molecule has 1 fully saturated rings. The summed E-state index contributed by atoms with van der Waals surface area (Å²) in [6.07, 6.45) is 4.91. The summed E-state index contributed by atoms with van der Waals surface area (Å²) in [6.45, 7) is 4.68. The summed E-state index contributed by atoms with van der Waals surface area (Å²) < 4.78 is 0. The zero-order valence-electron chi connectivity index (χ0n) is 9.70. The molecule has 0 aromatic carbocycles. The summed E-state index contributed by atoms with van der Waals surface area (Å²) in [4.78, 5) is 1.44. The summed E-state index contributed by atoms with van der Waals surface area (Å²) in [5, 5.41) is 2.15. The molecule has 2 rings (SSSR count). The molecule has 0 aliphatic heterocycles. The minimum Gasteiger partial charge on any atom is -0.325 e. The van der Waals surface area contributed by atoms with Crippen molar-refractivity contribution in [1.82, 2.24) is 0 Å². The van der Waals surface area contributed by atoms with Gasteiger partial charge in [-0.1, -0.05) is 32.8 Å². The number of thiophene rings is 1. The molecule has 1 aromatic rings. The minimum atomic E-state index is 0.0442. The molecule has 1 saturated carbocycles.